The Bertz CT molecular complexity index is 10300. The highest BCUT2D eigenvalue weighted by atomic mass is 16.7. The Morgan fingerprint density at radius 2 is 0.524 bits per heavy atom. The number of likely N-dealkylation sites (N-methyl/N-ethyl adjacent to an activating group) is 5. The van der Waals surface area contributed by atoms with Crippen molar-refractivity contribution in [1.29, 1.82) is 0 Å². The average molecular weight is 1980 g/mol. The maximum atomic E-state index is 13.5. The molecule has 35 nitrogen and oxygen atoms in total. The molecule has 5 aromatic heterocycles. The van der Waals surface area contributed by atoms with Crippen molar-refractivity contribution in [2.75, 3.05) is 102 Å². The van der Waals surface area contributed by atoms with Crippen LogP contribution in [0.15, 0.2) is 212 Å². The van der Waals surface area contributed by atoms with E-state index in [2.05, 4.69) is 24.9 Å². The largest absolute Gasteiger partial charge is 0.454 e. The van der Waals surface area contributed by atoms with Crippen molar-refractivity contribution in [3.63, 3.8) is 0 Å². The highest BCUT2D eigenvalue weighted by Crippen LogP contribution is 2.53. The Labute approximate surface area is 875 Å². The third kappa shape index (κ3) is 14.2. The lowest BCUT2D eigenvalue weighted by molar-refractivity contribution is -0.157. The van der Waals surface area contributed by atoms with Crippen LogP contribution >= 0.6 is 0 Å². The van der Waals surface area contributed by atoms with E-state index in [0.29, 0.717) is 27.9 Å². The van der Waals surface area contributed by atoms with Gasteiger partial charge in [-0.3, -0.25) is 47.9 Å². The topological polar surface area (TPSA) is 374 Å². The fraction of sp³-hybridized carbons (Fsp3) is 0.273. The molecule has 15 aliphatic rings. The zero-order chi connectivity index (χ0) is 129. The number of ether oxygens (including phenoxy) is 10. The molecule has 145 heavy (non-hydrogen) atoms. The molecule has 35 heteroatoms. The quantitative estimate of drug-likeness (QED) is 0.107. The lowest BCUT2D eigenvalue weighted by Crippen LogP contribution is -2.62. The molecule has 10 atom stereocenters. The van der Waals surface area contributed by atoms with Gasteiger partial charge in [0, 0.05) is 150 Å². The van der Waals surface area contributed by atoms with Crippen LogP contribution in [0.25, 0.3) is 54.5 Å². The van der Waals surface area contributed by atoms with Crippen molar-refractivity contribution >= 4 is 114 Å². The minimum absolute atomic E-state index is 0.00184. The minimum atomic E-state index is -2.76. The summed E-state index contributed by atoms with van der Waals surface area (Å²) in [7, 11) is 7.38. The molecule has 0 radical (unpaired) electrons. The van der Waals surface area contributed by atoms with Gasteiger partial charge in [0.25, 0.3) is 0 Å². The van der Waals surface area contributed by atoms with E-state index in [1.165, 1.54) is 70.9 Å². The molecule has 5 N–H and O–H groups in total. The van der Waals surface area contributed by atoms with Gasteiger partial charge >= 0.3 is 0 Å². The average Bonchev–Trinajstić information content (AvgIpc) is 1.51. The molecule has 0 saturated carbocycles. The molecule has 10 amide bonds. The third-order valence-corrected chi connectivity index (χ3v) is 27.5. The van der Waals surface area contributed by atoms with Gasteiger partial charge in [-0.05, 0) is 146 Å². The number of carbonyl (C=O) groups excluding carboxylic acids is 10. The zero-order valence-corrected chi connectivity index (χ0v) is 76.4. The second-order valence-corrected chi connectivity index (χ2v) is 35.8. The van der Waals surface area contributed by atoms with Gasteiger partial charge in [-0.2, -0.15) is 0 Å². The Balaban J connectivity index is 0.000000108. The molecular weight excluding hydrogens is 1850 g/mol. The fourth-order valence-corrected chi connectivity index (χ4v) is 21.0. The van der Waals surface area contributed by atoms with E-state index in [1.54, 1.807) is 19.2 Å². The van der Waals surface area contributed by atoms with Crippen LogP contribution in [0.1, 0.15) is 162 Å². The van der Waals surface area contributed by atoms with Crippen molar-refractivity contribution in [2.45, 2.75) is 92.4 Å². The number of nitrogens with zero attached hydrogens (tertiary/aromatic N) is 10. The second-order valence-electron chi connectivity index (χ2n) is 35.8. The van der Waals surface area contributed by atoms with E-state index in [0.717, 1.165) is 40.8 Å². The molecule has 0 bridgehead atoms. The SMILES string of the molecule is [2H]c1c([2H])c([2H])c2c3c([nH]c2c1[2H])[C@@]([2H])(c1ccc2c(c1)OC([2H])([2H])O2)N1C(=O)CN(C)C(=O)[C@H]1C3.[2H]c1c([2H])c([C@]2([2H])c3[nH]c4c([2H])c([2H])c([2H])c([2H])c4c3C[C@@H]3C(=O)N(C)CC(=O)N32)c([2H])c2c1OC([2H])([2H])O2.[2H]c1c([2H])c([C@]2([2H])c3[nH]c4c([2H])c([2H])c([2H])c([2H])c4c3C[C@@H]3C(=O)N(C)CC(=O)N32)c([2H])c2c1OCO2.[2H]c1c([2H])c([C@]2([2H])c3[nH]c4ccccc4c3C[C@@H]3C(=O)N(C)CC(=O)N32)c([2H])c2c1OC([2H])([2H])O2.[2H]c1c([2H])c([C@]2([2H])c3[nH]c4ccccc4c3C[C@@H]3C(=O)N(C)CC(=O)N32)c([2H])c2c1OCO2. The zero-order valence-electron chi connectivity index (χ0n) is 111. The number of hydrogen-bond donors (Lipinski definition) is 5. The van der Waals surface area contributed by atoms with Gasteiger partial charge in [0.2, 0.25) is 92.9 Å². The van der Waals surface area contributed by atoms with Crippen molar-refractivity contribution < 1.29 is 143 Å². The van der Waals surface area contributed by atoms with Crippen LogP contribution in [0.4, 0.5) is 0 Å². The van der Waals surface area contributed by atoms with Crippen molar-refractivity contribution in [3.8, 4) is 57.5 Å². The van der Waals surface area contributed by atoms with Crippen LogP contribution in [0, 0.1) is 0 Å². The van der Waals surface area contributed by atoms with Gasteiger partial charge in [-0.1, -0.05) is 121 Å². The first-order chi connectivity index (χ1) is 84.6. The van der Waals surface area contributed by atoms with E-state index in [4.69, 9.17) is 88.5 Å². The van der Waals surface area contributed by atoms with E-state index in [9.17, 15) is 54.8 Å². The highest BCUT2D eigenvalue weighted by Gasteiger charge is 2.55. The molecular formula is C110H95N15O20. The first-order valence-electron chi connectivity index (χ1n) is 62.8. The van der Waals surface area contributed by atoms with Crippen LogP contribution in [0.3, 0.4) is 0 Å². The summed E-state index contributed by atoms with van der Waals surface area (Å²) >= 11 is 0. The van der Waals surface area contributed by atoms with Gasteiger partial charge in [0.1, 0.15) is 38.4 Å². The first kappa shape index (κ1) is 58.1. The smallest absolute Gasteiger partial charge is 0.245 e. The molecule has 15 aliphatic heterocycles. The number of nitrogens with one attached hydrogen (secondary N) is 5. The number of amides is 10. The lowest BCUT2D eigenvalue weighted by atomic mass is 9.86. The Hall–Kier alpha value is -17.4. The Morgan fingerprint density at radius 1 is 0.269 bits per heavy atom. The summed E-state index contributed by atoms with van der Waals surface area (Å²) in [5, 5.41) is 1.78. The summed E-state index contributed by atoms with van der Waals surface area (Å²) in [6.07, 6.45) is -0.0647. The Morgan fingerprint density at radius 3 is 0.855 bits per heavy atom. The molecule has 0 spiro atoms. The number of para-hydroxylation sites is 5. The summed E-state index contributed by atoms with van der Waals surface area (Å²) in [6.45, 7) is -9.85. The van der Waals surface area contributed by atoms with E-state index >= 15 is 0 Å². The number of piperazine rings is 5. The van der Waals surface area contributed by atoms with Crippen molar-refractivity contribution in [2.24, 2.45) is 0 Å². The van der Waals surface area contributed by atoms with Crippen LogP contribution in [-0.4, -0.2) is 265 Å². The summed E-state index contributed by atoms with van der Waals surface area (Å²) < 4.78 is 350. The molecule has 30 rings (SSSR count). The van der Waals surface area contributed by atoms with Crippen LogP contribution < -0.4 is 47.4 Å². The monoisotopic (exact) mass is 1980 g/mol. The number of aromatic amines is 5. The van der Waals surface area contributed by atoms with Gasteiger partial charge in [-0.15, -0.1) is 0 Å². The number of benzene rings is 10. The van der Waals surface area contributed by atoms with Gasteiger partial charge < -0.3 is 121 Å². The fourth-order valence-electron chi connectivity index (χ4n) is 21.0. The molecule has 20 heterocycles. The summed E-state index contributed by atoms with van der Waals surface area (Å²) in [5.74, 6) is -7.15. The molecule has 0 aliphatic carbocycles. The van der Waals surface area contributed by atoms with Crippen LogP contribution in [0.5, 0.6) is 57.5 Å². The molecule has 10 aromatic carbocycles. The van der Waals surface area contributed by atoms with Crippen LogP contribution in [-0.2, 0) is 80.0 Å². The number of aromatic nitrogens is 5. The predicted molar refractivity (Wildman–Crippen MR) is 523 cm³/mol. The number of H-pyrrole nitrogens is 5. The summed E-state index contributed by atoms with van der Waals surface area (Å²) in [5.41, 5.74) is 2.34. The second kappa shape index (κ2) is 33.9. The standard InChI is InChI=1S/5C22H19N3O4/c5*1-24-10-19(26)25-16(22(24)27)9-14-13-4-2-3-5-15(13)23-20(14)21(25)12-6-7-17-18(8-12)29-11-28-17/h5*2-8,16,21,23H,9-11H2,1H3/t5*16-,21-/m11111/s1/i2D,3D,4D,5D,6D,7D,8D,11D2,21D;2D,3D,4D,5D,6D,7D,8D,21D;2D,3D,4D,5D,11D2,21D;6D,7D,8D,11D2,21D;6D,7D,8D,21D. The number of fused-ring (bicyclic) bond motifs is 25. The maximum Gasteiger partial charge on any atom is 0.245 e. The van der Waals surface area contributed by atoms with E-state index in [1.807, 2.05) is 36.4 Å². The van der Waals surface area contributed by atoms with Crippen LogP contribution in [0.2, 0.25) is 0 Å². The number of rotatable bonds is 5. The molecule has 5 fully saturated rings. The number of carbonyl (C=O) groups is 10. The molecule has 15 aromatic rings. The number of hydrogen-bond acceptors (Lipinski definition) is 20. The molecule has 730 valence electrons. The highest BCUT2D eigenvalue weighted by molar-refractivity contribution is 6.03. The van der Waals surface area contributed by atoms with Gasteiger partial charge in [0.15, 0.2) is 57.5 Å². The molecule has 0 unspecified atom stereocenters. The predicted octanol–water partition coefficient (Wildman–Crippen LogP) is 11.1. The first-order valence-corrected chi connectivity index (χ1v) is 45.3. The normalized spacial score (nSPS) is 29.8. The van der Waals surface area contributed by atoms with Gasteiger partial charge in [0.05, 0.1) is 103 Å². The van der Waals surface area contributed by atoms with E-state index < -0.39 is 283 Å². The molecule has 5 saturated heterocycles. The van der Waals surface area contributed by atoms with Crippen molar-refractivity contribution in [1.82, 2.24) is 73.9 Å². The lowest BCUT2D eigenvalue weighted by Gasteiger charge is -2.46. The Kier molecular flexibility index (Phi) is 13.6. The van der Waals surface area contributed by atoms with E-state index in [-0.39, 0.29) is 232 Å². The third-order valence-electron chi connectivity index (χ3n) is 27.5. The maximum absolute atomic E-state index is 13.5. The minimum Gasteiger partial charge on any atom is -0.454 e. The van der Waals surface area contributed by atoms with Gasteiger partial charge in [-0.25, -0.2) is 0 Å². The van der Waals surface area contributed by atoms with Crippen molar-refractivity contribution in [3.05, 3.63) is 296 Å². The summed E-state index contributed by atoms with van der Waals surface area (Å²) in [4.78, 5) is 160. The summed E-state index contributed by atoms with van der Waals surface area (Å²) in [6, 6.07) is -9.98.